The summed E-state index contributed by atoms with van der Waals surface area (Å²) in [6.07, 6.45) is 1.01. The lowest BCUT2D eigenvalue weighted by molar-refractivity contribution is -0.0819. The molecule has 1 aromatic heterocycles. The highest BCUT2D eigenvalue weighted by atomic mass is 16.6. The van der Waals surface area contributed by atoms with Crippen molar-refractivity contribution in [2.75, 3.05) is 38.2 Å². The Bertz CT molecular complexity index is 687. The Labute approximate surface area is 141 Å². The molecule has 126 valence electrons. The normalized spacial score (nSPS) is 20.4. The van der Waals surface area contributed by atoms with E-state index in [0.717, 1.165) is 42.4 Å². The molecule has 2 N–H and O–H groups in total. The van der Waals surface area contributed by atoms with E-state index in [-0.39, 0.29) is 6.10 Å². The lowest BCUT2D eigenvalue weighted by atomic mass is 10.1. The van der Waals surface area contributed by atoms with Crippen molar-refractivity contribution < 1.29 is 9.47 Å². The molecule has 0 spiro atoms. The van der Waals surface area contributed by atoms with Gasteiger partial charge in [-0.1, -0.05) is 30.3 Å². The van der Waals surface area contributed by atoms with E-state index in [1.807, 2.05) is 30.3 Å². The summed E-state index contributed by atoms with van der Waals surface area (Å²) in [5, 5.41) is 6.86. The van der Waals surface area contributed by atoms with Gasteiger partial charge in [0.15, 0.2) is 5.82 Å². The van der Waals surface area contributed by atoms with Gasteiger partial charge < -0.3 is 20.1 Å². The molecule has 4 rings (SSSR count). The van der Waals surface area contributed by atoms with Crippen molar-refractivity contribution in [3.8, 4) is 11.4 Å². The van der Waals surface area contributed by atoms with Crippen LogP contribution in [-0.4, -0.2) is 49.0 Å². The molecule has 1 saturated heterocycles. The molecule has 1 aromatic carbocycles. The van der Waals surface area contributed by atoms with Gasteiger partial charge in [0.25, 0.3) is 0 Å². The minimum Gasteiger partial charge on any atom is -0.376 e. The molecule has 0 aliphatic carbocycles. The molecule has 2 aliphatic rings. The number of nitrogens with zero attached hydrogens (tertiary/aromatic N) is 2. The van der Waals surface area contributed by atoms with Gasteiger partial charge in [-0.3, -0.25) is 0 Å². The van der Waals surface area contributed by atoms with Crippen LogP contribution in [0, 0.1) is 0 Å². The van der Waals surface area contributed by atoms with Gasteiger partial charge in [-0.15, -0.1) is 0 Å². The first-order chi connectivity index (χ1) is 11.9. The highest BCUT2D eigenvalue weighted by molar-refractivity contribution is 5.60. The first-order valence-corrected chi connectivity index (χ1v) is 8.49. The second-order valence-corrected chi connectivity index (χ2v) is 6.06. The maximum atomic E-state index is 5.72. The first-order valence-electron chi connectivity index (χ1n) is 8.49. The molecule has 0 radical (unpaired) electrons. The fourth-order valence-corrected chi connectivity index (χ4v) is 3.09. The average molecular weight is 326 g/mol. The number of anilines is 1. The minimum atomic E-state index is 0.0752. The van der Waals surface area contributed by atoms with Gasteiger partial charge in [-0.2, -0.15) is 0 Å². The molecular formula is C18H22N4O2. The number of benzene rings is 1. The predicted molar refractivity (Wildman–Crippen MR) is 91.9 cm³/mol. The van der Waals surface area contributed by atoms with Gasteiger partial charge >= 0.3 is 0 Å². The standard InChI is InChI=1S/C18H22N4O2/c1-2-4-13(5-3-1)17-21-16-11-19-7-6-15(16)18(22-17)20-10-14-12-23-8-9-24-14/h1-5,14,19H,6-12H2,(H,20,21,22). The van der Waals surface area contributed by atoms with Crippen LogP contribution >= 0.6 is 0 Å². The van der Waals surface area contributed by atoms with Crippen LogP contribution < -0.4 is 10.6 Å². The summed E-state index contributed by atoms with van der Waals surface area (Å²) in [7, 11) is 0. The second kappa shape index (κ2) is 7.25. The molecule has 2 aliphatic heterocycles. The van der Waals surface area contributed by atoms with E-state index < -0.39 is 0 Å². The van der Waals surface area contributed by atoms with Crippen molar-refractivity contribution in [1.29, 1.82) is 0 Å². The van der Waals surface area contributed by atoms with E-state index in [9.17, 15) is 0 Å². The number of hydrogen-bond acceptors (Lipinski definition) is 6. The summed E-state index contributed by atoms with van der Waals surface area (Å²) >= 11 is 0. The van der Waals surface area contributed by atoms with Crippen LogP contribution in [-0.2, 0) is 22.4 Å². The van der Waals surface area contributed by atoms with Gasteiger partial charge in [0.1, 0.15) is 5.82 Å². The Morgan fingerprint density at radius 2 is 2.08 bits per heavy atom. The Balaban J connectivity index is 1.61. The second-order valence-electron chi connectivity index (χ2n) is 6.06. The van der Waals surface area contributed by atoms with E-state index in [4.69, 9.17) is 19.4 Å². The number of nitrogens with one attached hydrogen (secondary N) is 2. The van der Waals surface area contributed by atoms with Crippen molar-refractivity contribution >= 4 is 5.82 Å². The zero-order chi connectivity index (χ0) is 16.2. The first kappa shape index (κ1) is 15.5. The lowest BCUT2D eigenvalue weighted by Gasteiger charge is -2.25. The molecule has 6 nitrogen and oxygen atoms in total. The van der Waals surface area contributed by atoms with E-state index in [0.29, 0.717) is 26.4 Å². The maximum Gasteiger partial charge on any atom is 0.161 e. The van der Waals surface area contributed by atoms with E-state index in [1.165, 1.54) is 5.56 Å². The molecule has 0 saturated carbocycles. The molecule has 3 heterocycles. The molecule has 1 fully saturated rings. The predicted octanol–water partition coefficient (Wildman–Crippen LogP) is 1.62. The van der Waals surface area contributed by atoms with Gasteiger partial charge in [0, 0.05) is 24.2 Å². The van der Waals surface area contributed by atoms with Crippen molar-refractivity contribution in [2.24, 2.45) is 0 Å². The average Bonchev–Trinajstić information content (AvgIpc) is 2.67. The Kier molecular flexibility index (Phi) is 4.69. The third-order valence-corrected chi connectivity index (χ3v) is 4.35. The van der Waals surface area contributed by atoms with Crippen molar-refractivity contribution in [3.63, 3.8) is 0 Å². The van der Waals surface area contributed by atoms with Crippen LogP contribution in [0.25, 0.3) is 11.4 Å². The lowest BCUT2D eigenvalue weighted by Crippen LogP contribution is -2.35. The summed E-state index contributed by atoms with van der Waals surface area (Å²) in [5.74, 6) is 1.69. The number of aromatic nitrogens is 2. The van der Waals surface area contributed by atoms with Crippen LogP contribution in [0.3, 0.4) is 0 Å². The summed E-state index contributed by atoms with van der Waals surface area (Å²) in [6, 6.07) is 10.1. The van der Waals surface area contributed by atoms with Crippen LogP contribution in [0.15, 0.2) is 30.3 Å². The molecule has 1 atom stereocenters. The van der Waals surface area contributed by atoms with Crippen LogP contribution in [0.5, 0.6) is 0 Å². The van der Waals surface area contributed by atoms with Crippen LogP contribution in [0.4, 0.5) is 5.82 Å². The minimum absolute atomic E-state index is 0.0752. The van der Waals surface area contributed by atoms with E-state index >= 15 is 0 Å². The van der Waals surface area contributed by atoms with Gasteiger partial charge in [0.2, 0.25) is 0 Å². The molecule has 0 bridgehead atoms. The summed E-state index contributed by atoms with van der Waals surface area (Å²) < 4.78 is 11.2. The fraction of sp³-hybridized carbons (Fsp3) is 0.444. The van der Waals surface area contributed by atoms with E-state index in [1.54, 1.807) is 0 Å². The van der Waals surface area contributed by atoms with Gasteiger partial charge in [-0.25, -0.2) is 9.97 Å². The Hall–Kier alpha value is -2.02. The smallest absolute Gasteiger partial charge is 0.161 e. The molecular weight excluding hydrogens is 304 g/mol. The molecule has 2 aromatic rings. The number of fused-ring (bicyclic) bond motifs is 1. The third-order valence-electron chi connectivity index (χ3n) is 4.35. The number of ether oxygens (including phenoxy) is 2. The number of rotatable bonds is 4. The van der Waals surface area contributed by atoms with Gasteiger partial charge in [0.05, 0.1) is 31.6 Å². The summed E-state index contributed by atoms with van der Waals surface area (Å²) in [4.78, 5) is 9.56. The van der Waals surface area contributed by atoms with Crippen molar-refractivity contribution in [3.05, 3.63) is 41.6 Å². The number of hydrogen-bond donors (Lipinski definition) is 2. The van der Waals surface area contributed by atoms with Crippen LogP contribution in [0.2, 0.25) is 0 Å². The van der Waals surface area contributed by atoms with E-state index in [2.05, 4.69) is 10.6 Å². The molecule has 24 heavy (non-hydrogen) atoms. The Morgan fingerprint density at radius 1 is 1.17 bits per heavy atom. The molecule has 0 amide bonds. The topological polar surface area (TPSA) is 68.3 Å². The zero-order valence-electron chi connectivity index (χ0n) is 13.6. The summed E-state index contributed by atoms with van der Waals surface area (Å²) in [5.41, 5.74) is 3.33. The SMILES string of the molecule is c1ccc(-c2nc3c(c(NCC4COCCO4)n2)CCNC3)cc1. The van der Waals surface area contributed by atoms with Crippen LogP contribution in [0.1, 0.15) is 11.3 Å². The van der Waals surface area contributed by atoms with Gasteiger partial charge in [-0.05, 0) is 13.0 Å². The third kappa shape index (κ3) is 3.40. The highest BCUT2D eigenvalue weighted by Crippen LogP contribution is 2.25. The monoisotopic (exact) mass is 326 g/mol. The zero-order valence-corrected chi connectivity index (χ0v) is 13.6. The van der Waals surface area contributed by atoms with Crippen molar-refractivity contribution in [1.82, 2.24) is 15.3 Å². The largest absolute Gasteiger partial charge is 0.376 e. The fourth-order valence-electron chi connectivity index (χ4n) is 3.09. The maximum absolute atomic E-state index is 5.72. The highest BCUT2D eigenvalue weighted by Gasteiger charge is 2.20. The molecule has 6 heteroatoms. The summed E-state index contributed by atoms with van der Waals surface area (Å²) in [6.45, 7) is 4.42. The van der Waals surface area contributed by atoms with Crippen molar-refractivity contribution in [2.45, 2.75) is 19.1 Å². The quantitative estimate of drug-likeness (QED) is 0.890. The molecule has 1 unspecified atom stereocenters. The Morgan fingerprint density at radius 3 is 2.92 bits per heavy atom.